The number of likely N-dealkylation sites (N-methyl/N-ethyl adjacent to an activating group) is 1. The van der Waals surface area contributed by atoms with Gasteiger partial charge in [-0.15, -0.1) is 11.3 Å². The zero-order valence-corrected chi connectivity index (χ0v) is 11.6. The van der Waals surface area contributed by atoms with E-state index >= 15 is 0 Å². The predicted molar refractivity (Wildman–Crippen MR) is 74.5 cm³/mol. The fourth-order valence-electron chi connectivity index (χ4n) is 2.47. The maximum absolute atomic E-state index is 11.9. The Morgan fingerprint density at radius 3 is 3.22 bits per heavy atom. The smallest absolute Gasteiger partial charge is 0.242 e. The van der Waals surface area contributed by atoms with Gasteiger partial charge in [0.25, 0.3) is 0 Å². The summed E-state index contributed by atoms with van der Waals surface area (Å²) in [6.07, 6.45) is 2.40. The molecule has 5 heteroatoms. The molecule has 2 atom stereocenters. The van der Waals surface area contributed by atoms with Crippen LogP contribution in [0.3, 0.4) is 0 Å². The predicted octanol–water partition coefficient (Wildman–Crippen LogP) is 1.35. The van der Waals surface area contributed by atoms with Crippen LogP contribution in [0, 0.1) is 0 Å². The molecule has 0 saturated carbocycles. The second kappa shape index (κ2) is 6.31. The van der Waals surface area contributed by atoms with E-state index in [0.29, 0.717) is 12.6 Å². The molecular formula is C13H21N3OS. The van der Waals surface area contributed by atoms with Crippen LogP contribution in [0.4, 0.5) is 0 Å². The Morgan fingerprint density at radius 1 is 1.72 bits per heavy atom. The molecule has 0 radical (unpaired) electrons. The third kappa shape index (κ3) is 3.10. The van der Waals surface area contributed by atoms with E-state index in [4.69, 9.17) is 5.73 Å². The molecule has 0 aromatic carbocycles. The van der Waals surface area contributed by atoms with E-state index in [1.54, 1.807) is 0 Å². The van der Waals surface area contributed by atoms with Gasteiger partial charge in [-0.1, -0.05) is 13.0 Å². The first kappa shape index (κ1) is 13.5. The second-order valence-corrected chi connectivity index (χ2v) is 5.64. The van der Waals surface area contributed by atoms with Gasteiger partial charge in [-0.2, -0.15) is 0 Å². The van der Waals surface area contributed by atoms with E-state index in [9.17, 15) is 4.79 Å². The highest BCUT2D eigenvalue weighted by Gasteiger charge is 2.24. The Morgan fingerprint density at radius 2 is 2.56 bits per heavy atom. The van der Waals surface area contributed by atoms with Gasteiger partial charge >= 0.3 is 0 Å². The summed E-state index contributed by atoms with van der Waals surface area (Å²) in [7, 11) is 0. The molecule has 100 valence electrons. The molecule has 1 aromatic heterocycles. The number of carbonyl (C=O) groups excluding carboxylic acids is 1. The van der Waals surface area contributed by atoms with E-state index in [1.807, 2.05) is 17.5 Å². The van der Waals surface area contributed by atoms with E-state index < -0.39 is 6.04 Å². The molecule has 2 rings (SSSR count). The van der Waals surface area contributed by atoms with Crippen LogP contribution in [0.2, 0.25) is 0 Å². The van der Waals surface area contributed by atoms with Crippen molar-refractivity contribution in [1.29, 1.82) is 0 Å². The van der Waals surface area contributed by atoms with Crippen molar-refractivity contribution >= 4 is 17.2 Å². The Bertz CT molecular complexity index is 380. The molecule has 1 saturated heterocycles. The van der Waals surface area contributed by atoms with Crippen molar-refractivity contribution in [3.8, 4) is 0 Å². The lowest BCUT2D eigenvalue weighted by molar-refractivity contribution is -0.122. The number of nitrogens with two attached hydrogens (primary N) is 1. The average molecular weight is 267 g/mol. The Labute approximate surface area is 112 Å². The van der Waals surface area contributed by atoms with Crippen LogP contribution in [0.1, 0.15) is 30.7 Å². The SMILES string of the molecule is CCN1CCCC1CNC(=O)C(N)c1cccs1. The van der Waals surface area contributed by atoms with Crippen LogP contribution in [0.15, 0.2) is 17.5 Å². The van der Waals surface area contributed by atoms with Gasteiger partial charge in [-0.3, -0.25) is 9.69 Å². The Hall–Kier alpha value is -0.910. The summed E-state index contributed by atoms with van der Waals surface area (Å²) in [5.41, 5.74) is 5.92. The van der Waals surface area contributed by atoms with Gasteiger partial charge in [0.1, 0.15) is 6.04 Å². The first-order valence-electron chi connectivity index (χ1n) is 6.53. The van der Waals surface area contributed by atoms with Crippen molar-refractivity contribution in [1.82, 2.24) is 10.2 Å². The molecule has 4 nitrogen and oxygen atoms in total. The number of nitrogens with one attached hydrogen (secondary N) is 1. The fourth-order valence-corrected chi connectivity index (χ4v) is 3.19. The lowest BCUT2D eigenvalue weighted by atomic mass is 10.2. The summed E-state index contributed by atoms with van der Waals surface area (Å²) in [4.78, 5) is 15.3. The molecule has 1 amide bonds. The third-order valence-corrected chi connectivity index (χ3v) is 4.50. The molecular weight excluding hydrogens is 246 g/mol. The maximum Gasteiger partial charge on any atom is 0.242 e. The van der Waals surface area contributed by atoms with Gasteiger partial charge in [0, 0.05) is 17.5 Å². The molecule has 2 unspecified atom stereocenters. The number of thiophene rings is 1. The summed E-state index contributed by atoms with van der Waals surface area (Å²) in [5, 5.41) is 4.92. The minimum Gasteiger partial charge on any atom is -0.353 e. The number of amides is 1. The van der Waals surface area contributed by atoms with Crippen molar-refractivity contribution in [2.75, 3.05) is 19.6 Å². The van der Waals surface area contributed by atoms with Gasteiger partial charge in [-0.05, 0) is 37.4 Å². The van der Waals surface area contributed by atoms with Crippen LogP contribution in [-0.4, -0.2) is 36.5 Å². The standard InChI is InChI=1S/C13H21N3OS/c1-2-16-7-3-5-10(16)9-15-13(17)12(14)11-6-4-8-18-11/h4,6,8,10,12H,2-3,5,7,9,14H2,1H3,(H,15,17). The summed E-state index contributed by atoms with van der Waals surface area (Å²) < 4.78 is 0. The molecule has 0 spiro atoms. The summed E-state index contributed by atoms with van der Waals surface area (Å²) in [5.74, 6) is -0.0691. The summed E-state index contributed by atoms with van der Waals surface area (Å²) in [6.45, 7) is 5.08. The van der Waals surface area contributed by atoms with Gasteiger partial charge in [0.2, 0.25) is 5.91 Å². The number of nitrogens with zero attached hydrogens (tertiary/aromatic N) is 1. The van der Waals surface area contributed by atoms with E-state index in [2.05, 4.69) is 17.1 Å². The van der Waals surface area contributed by atoms with Crippen LogP contribution in [0.5, 0.6) is 0 Å². The van der Waals surface area contributed by atoms with Crippen LogP contribution in [-0.2, 0) is 4.79 Å². The fraction of sp³-hybridized carbons (Fsp3) is 0.615. The number of hydrogen-bond donors (Lipinski definition) is 2. The molecule has 1 fully saturated rings. The van der Waals surface area contributed by atoms with Crippen LogP contribution >= 0.6 is 11.3 Å². The van der Waals surface area contributed by atoms with Gasteiger partial charge in [0.05, 0.1) is 0 Å². The normalized spacial score (nSPS) is 22.0. The van der Waals surface area contributed by atoms with E-state index in [0.717, 1.165) is 18.0 Å². The number of rotatable bonds is 5. The minimum absolute atomic E-state index is 0.0691. The number of likely N-dealkylation sites (tertiary alicyclic amines) is 1. The largest absolute Gasteiger partial charge is 0.353 e. The topological polar surface area (TPSA) is 58.4 Å². The first-order valence-corrected chi connectivity index (χ1v) is 7.41. The molecule has 1 aliphatic rings. The van der Waals surface area contributed by atoms with Crippen LogP contribution < -0.4 is 11.1 Å². The number of carbonyl (C=O) groups is 1. The molecule has 18 heavy (non-hydrogen) atoms. The minimum atomic E-state index is -0.526. The van der Waals surface area contributed by atoms with Crippen LogP contribution in [0.25, 0.3) is 0 Å². The molecule has 3 N–H and O–H groups in total. The van der Waals surface area contributed by atoms with Gasteiger partial charge in [-0.25, -0.2) is 0 Å². The summed E-state index contributed by atoms with van der Waals surface area (Å²) >= 11 is 1.53. The molecule has 0 aliphatic carbocycles. The molecule has 1 aliphatic heterocycles. The van der Waals surface area contributed by atoms with Gasteiger partial charge in [0.15, 0.2) is 0 Å². The van der Waals surface area contributed by atoms with Crippen molar-refractivity contribution in [3.05, 3.63) is 22.4 Å². The molecule has 1 aromatic rings. The zero-order valence-electron chi connectivity index (χ0n) is 10.8. The highest BCUT2D eigenvalue weighted by atomic mass is 32.1. The van der Waals surface area contributed by atoms with E-state index in [-0.39, 0.29) is 5.91 Å². The van der Waals surface area contributed by atoms with Crippen molar-refractivity contribution in [3.63, 3.8) is 0 Å². The van der Waals surface area contributed by atoms with Crippen molar-refractivity contribution in [2.24, 2.45) is 5.73 Å². The highest BCUT2D eigenvalue weighted by Crippen LogP contribution is 2.18. The van der Waals surface area contributed by atoms with Crippen molar-refractivity contribution < 1.29 is 4.79 Å². The van der Waals surface area contributed by atoms with E-state index in [1.165, 1.54) is 24.2 Å². The van der Waals surface area contributed by atoms with Crippen molar-refractivity contribution in [2.45, 2.75) is 31.8 Å². The highest BCUT2D eigenvalue weighted by molar-refractivity contribution is 7.10. The lowest BCUT2D eigenvalue weighted by Gasteiger charge is -2.23. The molecule has 2 heterocycles. The Kier molecular flexibility index (Phi) is 4.74. The third-order valence-electron chi connectivity index (χ3n) is 3.55. The quantitative estimate of drug-likeness (QED) is 0.846. The molecule has 0 bridgehead atoms. The monoisotopic (exact) mass is 267 g/mol. The lowest BCUT2D eigenvalue weighted by Crippen LogP contribution is -2.42. The Balaban J connectivity index is 1.81. The number of hydrogen-bond acceptors (Lipinski definition) is 4. The first-order chi connectivity index (χ1) is 8.72. The summed E-state index contributed by atoms with van der Waals surface area (Å²) in [6, 6.07) is 3.78. The average Bonchev–Trinajstić information content (AvgIpc) is 3.05. The zero-order chi connectivity index (χ0) is 13.0. The van der Waals surface area contributed by atoms with Gasteiger partial charge < -0.3 is 11.1 Å². The maximum atomic E-state index is 11.9. The second-order valence-electron chi connectivity index (χ2n) is 4.66.